The zero-order chi connectivity index (χ0) is 13.4. The lowest BCUT2D eigenvalue weighted by molar-refractivity contribution is -0.147. The summed E-state index contributed by atoms with van der Waals surface area (Å²) in [6.07, 6.45) is 2.09. The second kappa shape index (κ2) is 7.48. The first-order valence-corrected chi connectivity index (χ1v) is 6.14. The van der Waals surface area contributed by atoms with Gasteiger partial charge in [-0.15, -0.1) is 0 Å². The van der Waals surface area contributed by atoms with Crippen LogP contribution in [0.25, 0.3) is 0 Å². The maximum absolute atomic E-state index is 11.5. The van der Waals surface area contributed by atoms with E-state index in [4.69, 9.17) is 4.74 Å². The molecule has 4 nitrogen and oxygen atoms in total. The molecule has 1 aromatic carbocycles. The number of esters is 1. The van der Waals surface area contributed by atoms with Crippen molar-refractivity contribution in [2.24, 2.45) is 0 Å². The number of rotatable bonds is 6. The van der Waals surface area contributed by atoms with Gasteiger partial charge in [0.2, 0.25) is 0 Å². The number of unbranched alkanes of at least 4 members (excludes halogenated alkanes) is 1. The Balaban J connectivity index is 2.29. The molecule has 0 radical (unpaired) electrons. The van der Waals surface area contributed by atoms with E-state index in [-0.39, 0.29) is 18.5 Å². The van der Waals surface area contributed by atoms with Crippen molar-refractivity contribution in [3.8, 4) is 0 Å². The van der Waals surface area contributed by atoms with E-state index in [9.17, 15) is 9.59 Å². The van der Waals surface area contributed by atoms with E-state index >= 15 is 0 Å². The lowest BCUT2D eigenvalue weighted by Crippen LogP contribution is -2.20. The number of nitrogens with one attached hydrogen (secondary N) is 1. The van der Waals surface area contributed by atoms with Crippen molar-refractivity contribution in [2.45, 2.75) is 33.1 Å². The molecule has 0 aromatic heterocycles. The van der Waals surface area contributed by atoms with Gasteiger partial charge < -0.3 is 10.1 Å². The Morgan fingerprint density at radius 3 is 2.50 bits per heavy atom. The van der Waals surface area contributed by atoms with Crippen molar-refractivity contribution in [2.75, 3.05) is 11.9 Å². The number of carbonyl (C=O) groups is 2. The fraction of sp³-hybridized carbons (Fsp3) is 0.429. The van der Waals surface area contributed by atoms with Crippen LogP contribution in [-0.4, -0.2) is 18.5 Å². The highest BCUT2D eigenvalue weighted by atomic mass is 16.5. The zero-order valence-electron chi connectivity index (χ0n) is 10.9. The highest BCUT2D eigenvalue weighted by molar-refractivity contribution is 5.92. The molecule has 0 fully saturated rings. The molecule has 1 amide bonds. The highest BCUT2D eigenvalue weighted by Gasteiger charge is 2.07. The largest absolute Gasteiger partial charge is 0.456 e. The third-order valence-electron chi connectivity index (χ3n) is 2.43. The van der Waals surface area contributed by atoms with Gasteiger partial charge in [-0.2, -0.15) is 0 Å². The summed E-state index contributed by atoms with van der Waals surface area (Å²) in [5, 5.41) is 2.66. The van der Waals surface area contributed by atoms with E-state index in [0.29, 0.717) is 12.1 Å². The number of carbonyl (C=O) groups excluding carboxylic acids is 2. The summed E-state index contributed by atoms with van der Waals surface area (Å²) in [5.41, 5.74) is 1.83. The van der Waals surface area contributed by atoms with Crippen LogP contribution in [0, 0.1) is 6.92 Å². The molecule has 0 spiro atoms. The molecule has 1 aromatic rings. The Kier molecular flexibility index (Phi) is 5.91. The second-order valence-electron chi connectivity index (χ2n) is 4.18. The Bertz CT molecular complexity index is 398. The van der Waals surface area contributed by atoms with E-state index < -0.39 is 0 Å². The molecule has 0 bridgehead atoms. The fourth-order valence-corrected chi connectivity index (χ4v) is 1.37. The summed E-state index contributed by atoms with van der Waals surface area (Å²) in [6.45, 7) is 3.74. The number of hydrogen-bond donors (Lipinski definition) is 1. The first-order chi connectivity index (χ1) is 8.61. The van der Waals surface area contributed by atoms with E-state index in [1.807, 2.05) is 38.1 Å². The topological polar surface area (TPSA) is 55.4 Å². The van der Waals surface area contributed by atoms with Crippen LogP contribution in [0.15, 0.2) is 24.3 Å². The maximum Gasteiger partial charge on any atom is 0.306 e. The summed E-state index contributed by atoms with van der Waals surface area (Å²) in [4.78, 5) is 22.7. The summed E-state index contributed by atoms with van der Waals surface area (Å²) < 4.78 is 4.85. The molecular weight excluding hydrogens is 230 g/mol. The monoisotopic (exact) mass is 249 g/mol. The standard InChI is InChI=1S/C14H19NO3/c1-3-4-5-14(17)18-10-13(16)15-12-8-6-11(2)7-9-12/h6-9H,3-5,10H2,1-2H3,(H,15,16). The lowest BCUT2D eigenvalue weighted by Gasteiger charge is -2.06. The average molecular weight is 249 g/mol. The molecule has 98 valence electrons. The molecule has 0 saturated carbocycles. The number of amides is 1. The number of benzene rings is 1. The minimum atomic E-state index is -0.323. The van der Waals surface area contributed by atoms with Crippen LogP contribution in [0.3, 0.4) is 0 Å². The summed E-state index contributed by atoms with van der Waals surface area (Å²) >= 11 is 0. The first kappa shape index (κ1) is 14.2. The van der Waals surface area contributed by atoms with Crippen molar-refractivity contribution in [1.82, 2.24) is 0 Å². The predicted octanol–water partition coefficient (Wildman–Crippen LogP) is 2.67. The summed E-state index contributed by atoms with van der Waals surface area (Å²) in [7, 11) is 0. The number of ether oxygens (including phenoxy) is 1. The molecule has 18 heavy (non-hydrogen) atoms. The molecule has 1 N–H and O–H groups in total. The maximum atomic E-state index is 11.5. The van der Waals surface area contributed by atoms with Crippen LogP contribution in [0.5, 0.6) is 0 Å². The Hall–Kier alpha value is -1.84. The van der Waals surface area contributed by atoms with Gasteiger partial charge >= 0.3 is 5.97 Å². The predicted molar refractivity (Wildman–Crippen MR) is 70.3 cm³/mol. The van der Waals surface area contributed by atoms with Gasteiger partial charge in [0, 0.05) is 12.1 Å². The summed E-state index contributed by atoms with van der Waals surface area (Å²) in [5.74, 6) is -0.639. The normalized spacial score (nSPS) is 9.89. The lowest BCUT2D eigenvalue weighted by atomic mass is 10.2. The van der Waals surface area contributed by atoms with Crippen LogP contribution >= 0.6 is 0 Å². The van der Waals surface area contributed by atoms with Gasteiger partial charge in [-0.05, 0) is 25.5 Å². The number of hydrogen-bond acceptors (Lipinski definition) is 3. The zero-order valence-corrected chi connectivity index (χ0v) is 10.9. The van der Waals surface area contributed by atoms with Gasteiger partial charge in [0.1, 0.15) is 0 Å². The minimum Gasteiger partial charge on any atom is -0.456 e. The van der Waals surface area contributed by atoms with Crippen LogP contribution in [0.2, 0.25) is 0 Å². The van der Waals surface area contributed by atoms with E-state index in [1.54, 1.807) is 0 Å². The molecule has 0 saturated heterocycles. The highest BCUT2D eigenvalue weighted by Crippen LogP contribution is 2.08. The van der Waals surface area contributed by atoms with Crippen LogP contribution in [0.4, 0.5) is 5.69 Å². The average Bonchev–Trinajstić information content (AvgIpc) is 2.36. The SMILES string of the molecule is CCCCC(=O)OCC(=O)Nc1ccc(C)cc1. The molecule has 0 aliphatic rings. The summed E-state index contributed by atoms with van der Waals surface area (Å²) in [6, 6.07) is 7.43. The van der Waals surface area contributed by atoms with Crippen molar-refractivity contribution < 1.29 is 14.3 Å². The van der Waals surface area contributed by atoms with Crippen molar-refractivity contribution in [3.05, 3.63) is 29.8 Å². The van der Waals surface area contributed by atoms with E-state index in [2.05, 4.69) is 5.32 Å². The molecule has 4 heteroatoms. The van der Waals surface area contributed by atoms with Gasteiger partial charge in [0.05, 0.1) is 0 Å². The Morgan fingerprint density at radius 1 is 1.22 bits per heavy atom. The quantitative estimate of drug-likeness (QED) is 0.788. The van der Waals surface area contributed by atoms with Gasteiger partial charge in [0.15, 0.2) is 6.61 Å². The molecule has 0 unspecified atom stereocenters. The van der Waals surface area contributed by atoms with Crippen LogP contribution < -0.4 is 5.32 Å². The first-order valence-electron chi connectivity index (χ1n) is 6.14. The fourth-order valence-electron chi connectivity index (χ4n) is 1.37. The third kappa shape index (κ3) is 5.48. The van der Waals surface area contributed by atoms with Crippen LogP contribution in [-0.2, 0) is 14.3 Å². The molecule has 0 aliphatic carbocycles. The van der Waals surface area contributed by atoms with Crippen molar-refractivity contribution in [1.29, 1.82) is 0 Å². The number of aryl methyl sites for hydroxylation is 1. The molecular formula is C14H19NO3. The smallest absolute Gasteiger partial charge is 0.306 e. The van der Waals surface area contributed by atoms with Crippen LogP contribution in [0.1, 0.15) is 31.7 Å². The Labute approximate surface area is 107 Å². The van der Waals surface area contributed by atoms with Crippen molar-refractivity contribution >= 4 is 17.6 Å². The minimum absolute atomic E-state index is 0.226. The molecule has 0 aliphatic heterocycles. The van der Waals surface area contributed by atoms with E-state index in [0.717, 1.165) is 18.4 Å². The molecule has 1 rings (SSSR count). The molecule has 0 atom stereocenters. The van der Waals surface area contributed by atoms with Gasteiger partial charge in [0.25, 0.3) is 5.91 Å². The van der Waals surface area contributed by atoms with E-state index in [1.165, 1.54) is 0 Å². The van der Waals surface area contributed by atoms with Gasteiger partial charge in [-0.25, -0.2) is 0 Å². The number of anilines is 1. The third-order valence-corrected chi connectivity index (χ3v) is 2.43. The van der Waals surface area contributed by atoms with Gasteiger partial charge in [-0.3, -0.25) is 9.59 Å². The molecule has 0 heterocycles. The van der Waals surface area contributed by atoms with Crippen molar-refractivity contribution in [3.63, 3.8) is 0 Å². The second-order valence-corrected chi connectivity index (χ2v) is 4.18. The Morgan fingerprint density at radius 2 is 1.89 bits per heavy atom. The van der Waals surface area contributed by atoms with Gasteiger partial charge in [-0.1, -0.05) is 31.0 Å².